The Balaban J connectivity index is 1.78. The summed E-state index contributed by atoms with van der Waals surface area (Å²) in [4.78, 5) is 39.5. The maximum atomic E-state index is 11.6. The molecule has 1 unspecified atom stereocenters. The van der Waals surface area contributed by atoms with Crippen molar-refractivity contribution in [2.75, 3.05) is 6.61 Å². The standard InChI is InChI=1S/C11H15N4O7P/c16-9-5(2-22-23(19,20)21)15-7(10(9)17)4-1-12-8-6(4)13-3-14-11(8)18/h1,3-5,7,9-10,15-17H,2H2,(H,13,14,18)(H2,19,20,21)/t4?,5-,7-,9-,10+/m1/s1. The highest BCUT2D eigenvalue weighted by molar-refractivity contribution is 7.46. The van der Waals surface area contributed by atoms with E-state index in [2.05, 4.69) is 24.8 Å². The molecule has 1 fully saturated rings. The molecule has 0 aromatic carbocycles. The molecule has 0 radical (unpaired) electrons. The minimum absolute atomic E-state index is 0.135. The summed E-state index contributed by atoms with van der Waals surface area (Å²) in [6.45, 7) is -0.488. The van der Waals surface area contributed by atoms with Gasteiger partial charge in [-0.1, -0.05) is 0 Å². The Kier molecular flexibility index (Phi) is 4.19. The number of fused-ring (bicyclic) bond motifs is 1. The Labute approximate surface area is 129 Å². The molecule has 0 bridgehead atoms. The Morgan fingerprint density at radius 1 is 1.30 bits per heavy atom. The zero-order valence-corrected chi connectivity index (χ0v) is 12.5. The second-order valence-corrected chi connectivity index (χ2v) is 6.58. The average Bonchev–Trinajstić information content (AvgIpc) is 3.01. The van der Waals surface area contributed by atoms with E-state index in [0.717, 1.165) is 0 Å². The summed E-state index contributed by atoms with van der Waals surface area (Å²) in [6, 6.07) is -1.61. The molecule has 0 spiro atoms. The van der Waals surface area contributed by atoms with E-state index >= 15 is 0 Å². The van der Waals surface area contributed by atoms with Crippen LogP contribution < -0.4 is 10.9 Å². The molecule has 0 saturated carbocycles. The number of aliphatic hydroxyl groups is 2. The molecule has 0 amide bonds. The molecule has 23 heavy (non-hydrogen) atoms. The van der Waals surface area contributed by atoms with Crippen molar-refractivity contribution in [1.29, 1.82) is 0 Å². The normalized spacial score (nSPS) is 33.1. The Morgan fingerprint density at radius 2 is 2.04 bits per heavy atom. The van der Waals surface area contributed by atoms with E-state index in [-0.39, 0.29) is 5.69 Å². The van der Waals surface area contributed by atoms with E-state index in [1.807, 2.05) is 0 Å². The molecular weight excluding hydrogens is 331 g/mol. The van der Waals surface area contributed by atoms with Crippen LogP contribution in [0, 0.1) is 0 Å². The number of rotatable bonds is 4. The molecule has 3 rings (SSSR count). The quantitative estimate of drug-likeness (QED) is 0.328. The first-order valence-electron chi connectivity index (χ1n) is 6.72. The lowest BCUT2D eigenvalue weighted by molar-refractivity contribution is 0.0186. The Bertz CT molecular complexity index is 731. The Morgan fingerprint density at radius 3 is 2.74 bits per heavy atom. The van der Waals surface area contributed by atoms with Gasteiger partial charge >= 0.3 is 7.82 Å². The van der Waals surface area contributed by atoms with Gasteiger partial charge in [0.05, 0.1) is 42.8 Å². The predicted octanol–water partition coefficient (Wildman–Crippen LogP) is -2.26. The number of phosphoric ester groups is 1. The van der Waals surface area contributed by atoms with Gasteiger partial charge in [-0.15, -0.1) is 0 Å². The highest BCUT2D eigenvalue weighted by atomic mass is 31.2. The van der Waals surface area contributed by atoms with Gasteiger partial charge in [-0.05, 0) is 0 Å². The SMILES string of the molecule is O=c1[nH]cnc2c1N=CC2[C@H]1N[C@H](COP(=O)(O)O)[C@@H](O)[C@H]1O. The Hall–Kier alpha value is -1.46. The first-order chi connectivity index (χ1) is 10.8. The van der Waals surface area contributed by atoms with Gasteiger partial charge in [0.15, 0.2) is 0 Å². The van der Waals surface area contributed by atoms with Crippen molar-refractivity contribution in [2.45, 2.75) is 30.2 Å². The molecule has 126 valence electrons. The summed E-state index contributed by atoms with van der Waals surface area (Å²) in [6.07, 6.45) is 0.108. The van der Waals surface area contributed by atoms with Crippen molar-refractivity contribution in [2.24, 2.45) is 4.99 Å². The summed E-state index contributed by atoms with van der Waals surface area (Å²) >= 11 is 0. The molecule has 3 heterocycles. The van der Waals surface area contributed by atoms with Crippen molar-refractivity contribution < 1.29 is 29.1 Å². The van der Waals surface area contributed by atoms with Crippen molar-refractivity contribution in [1.82, 2.24) is 15.3 Å². The van der Waals surface area contributed by atoms with Crippen LogP contribution in [0.4, 0.5) is 5.69 Å². The van der Waals surface area contributed by atoms with E-state index < -0.39 is 50.2 Å². The number of nitrogens with zero attached hydrogens (tertiary/aromatic N) is 2. The van der Waals surface area contributed by atoms with Crippen molar-refractivity contribution in [3.05, 3.63) is 22.4 Å². The summed E-state index contributed by atoms with van der Waals surface area (Å²) in [5.74, 6) is -0.558. The zero-order chi connectivity index (χ0) is 16.8. The lowest BCUT2D eigenvalue weighted by Crippen LogP contribution is -2.40. The third kappa shape index (κ3) is 3.12. The number of hydrogen-bond donors (Lipinski definition) is 6. The lowest BCUT2D eigenvalue weighted by Gasteiger charge is -2.20. The molecule has 12 heteroatoms. The number of hydrogen-bond acceptors (Lipinski definition) is 8. The molecule has 11 nitrogen and oxygen atoms in total. The maximum absolute atomic E-state index is 11.6. The van der Waals surface area contributed by atoms with E-state index in [1.54, 1.807) is 0 Å². The first-order valence-corrected chi connectivity index (χ1v) is 8.25. The highest BCUT2D eigenvalue weighted by Gasteiger charge is 2.47. The summed E-state index contributed by atoms with van der Waals surface area (Å²) in [5.41, 5.74) is 0.0770. The summed E-state index contributed by atoms with van der Waals surface area (Å²) < 4.78 is 15.1. The first kappa shape index (κ1) is 16.4. The minimum Gasteiger partial charge on any atom is -0.389 e. The summed E-state index contributed by atoms with van der Waals surface area (Å²) in [5, 5.41) is 23.0. The third-order valence-electron chi connectivity index (χ3n) is 3.88. The third-order valence-corrected chi connectivity index (χ3v) is 4.37. The largest absolute Gasteiger partial charge is 0.469 e. The number of phosphoric acid groups is 1. The highest BCUT2D eigenvalue weighted by Crippen LogP contribution is 2.38. The van der Waals surface area contributed by atoms with Gasteiger partial charge < -0.3 is 30.3 Å². The molecule has 1 aromatic heterocycles. The fraction of sp³-hybridized carbons (Fsp3) is 0.545. The van der Waals surface area contributed by atoms with Crippen LogP contribution in [0.3, 0.4) is 0 Å². The van der Waals surface area contributed by atoms with Crippen LogP contribution in [0.2, 0.25) is 0 Å². The number of aromatic amines is 1. The van der Waals surface area contributed by atoms with Crippen molar-refractivity contribution in [3.63, 3.8) is 0 Å². The minimum atomic E-state index is -4.69. The van der Waals surface area contributed by atoms with Gasteiger partial charge in [-0.2, -0.15) is 0 Å². The smallest absolute Gasteiger partial charge is 0.389 e. The van der Waals surface area contributed by atoms with E-state index in [9.17, 15) is 19.6 Å². The van der Waals surface area contributed by atoms with Crippen LogP contribution in [0.15, 0.2) is 16.1 Å². The number of aromatic nitrogens is 2. The number of aliphatic imine (C=N–C) groups is 1. The molecular formula is C11H15N4O7P. The molecule has 1 saturated heterocycles. The fourth-order valence-electron chi connectivity index (χ4n) is 2.80. The lowest BCUT2D eigenvalue weighted by atomic mass is 9.94. The maximum Gasteiger partial charge on any atom is 0.469 e. The number of H-pyrrole nitrogens is 1. The molecule has 1 aromatic rings. The van der Waals surface area contributed by atoms with Crippen LogP contribution >= 0.6 is 7.82 Å². The van der Waals surface area contributed by atoms with E-state index in [4.69, 9.17) is 9.79 Å². The zero-order valence-electron chi connectivity index (χ0n) is 11.6. The van der Waals surface area contributed by atoms with Gasteiger partial charge in [0.1, 0.15) is 5.69 Å². The van der Waals surface area contributed by atoms with Crippen LogP contribution in [-0.2, 0) is 9.09 Å². The van der Waals surface area contributed by atoms with Gasteiger partial charge in [0.25, 0.3) is 5.56 Å². The average molecular weight is 346 g/mol. The summed E-state index contributed by atoms with van der Waals surface area (Å²) in [7, 11) is -4.69. The van der Waals surface area contributed by atoms with Gasteiger partial charge in [0.2, 0.25) is 0 Å². The van der Waals surface area contributed by atoms with Gasteiger partial charge in [0, 0.05) is 12.3 Å². The number of aliphatic hydroxyl groups excluding tert-OH is 2. The van der Waals surface area contributed by atoms with Crippen LogP contribution in [0.25, 0.3) is 0 Å². The molecule has 6 N–H and O–H groups in total. The van der Waals surface area contributed by atoms with Crippen LogP contribution in [-0.4, -0.2) is 67.1 Å². The van der Waals surface area contributed by atoms with Crippen LogP contribution in [0.5, 0.6) is 0 Å². The second kappa shape index (κ2) is 5.87. The monoisotopic (exact) mass is 346 g/mol. The van der Waals surface area contributed by atoms with Gasteiger partial charge in [-0.3, -0.25) is 14.3 Å². The second-order valence-electron chi connectivity index (χ2n) is 5.34. The molecule has 2 aliphatic heterocycles. The number of nitrogens with one attached hydrogen (secondary N) is 2. The topological polar surface area (TPSA) is 177 Å². The van der Waals surface area contributed by atoms with E-state index in [0.29, 0.717) is 5.69 Å². The van der Waals surface area contributed by atoms with Crippen molar-refractivity contribution >= 4 is 19.7 Å². The fourth-order valence-corrected chi connectivity index (χ4v) is 3.15. The van der Waals surface area contributed by atoms with E-state index in [1.165, 1.54) is 12.5 Å². The molecule has 0 aliphatic carbocycles. The van der Waals surface area contributed by atoms with Crippen molar-refractivity contribution in [3.8, 4) is 0 Å². The van der Waals surface area contributed by atoms with Crippen LogP contribution in [0.1, 0.15) is 11.6 Å². The predicted molar refractivity (Wildman–Crippen MR) is 76.5 cm³/mol. The molecule has 5 atom stereocenters. The molecule has 2 aliphatic rings. The van der Waals surface area contributed by atoms with Gasteiger partial charge in [-0.25, -0.2) is 9.55 Å².